The van der Waals surface area contributed by atoms with Crippen molar-refractivity contribution in [2.45, 2.75) is 51.1 Å². The molecule has 17 heavy (non-hydrogen) atoms. The lowest BCUT2D eigenvalue weighted by atomic mass is 9.63. The highest BCUT2D eigenvalue weighted by Gasteiger charge is 2.51. The highest BCUT2D eigenvalue weighted by atomic mass is 16.5. The maximum absolute atomic E-state index is 6.09. The average Bonchev–Trinajstić information content (AvgIpc) is 3.04. The van der Waals surface area contributed by atoms with Gasteiger partial charge in [-0.1, -0.05) is 13.8 Å². The highest BCUT2D eigenvalue weighted by molar-refractivity contribution is 5.07. The van der Waals surface area contributed by atoms with Gasteiger partial charge in [-0.25, -0.2) is 0 Å². The fraction of sp³-hybridized carbons (Fsp3) is 1.00. The van der Waals surface area contributed by atoms with Crippen molar-refractivity contribution in [2.75, 3.05) is 26.8 Å². The second-order valence-electron chi connectivity index (χ2n) is 6.26. The van der Waals surface area contributed by atoms with E-state index in [1.165, 1.54) is 25.7 Å². The van der Waals surface area contributed by atoms with Crippen molar-refractivity contribution in [3.05, 3.63) is 0 Å². The Bertz CT molecular complexity index is 245. The van der Waals surface area contributed by atoms with Crippen LogP contribution in [-0.4, -0.2) is 43.3 Å². The van der Waals surface area contributed by atoms with Crippen molar-refractivity contribution >= 4 is 0 Å². The second kappa shape index (κ2) is 5.25. The molecule has 3 heteroatoms. The molecule has 0 spiro atoms. The van der Waals surface area contributed by atoms with Crippen LogP contribution >= 0.6 is 0 Å². The Morgan fingerprint density at radius 1 is 1.35 bits per heavy atom. The summed E-state index contributed by atoms with van der Waals surface area (Å²) < 4.78 is 5.25. The summed E-state index contributed by atoms with van der Waals surface area (Å²) in [6, 6.07) is 0.793. The number of nitrogens with two attached hydrogens (primary N) is 1. The Kier molecular flexibility index (Phi) is 4.11. The molecule has 0 aromatic heterocycles. The summed E-state index contributed by atoms with van der Waals surface area (Å²) in [5.41, 5.74) is 6.39. The maximum atomic E-state index is 6.09. The average molecular weight is 240 g/mol. The molecule has 2 aliphatic carbocycles. The van der Waals surface area contributed by atoms with Crippen LogP contribution in [0.3, 0.4) is 0 Å². The maximum Gasteiger partial charge on any atom is 0.0590 e. The van der Waals surface area contributed by atoms with Gasteiger partial charge in [0.1, 0.15) is 0 Å². The first-order chi connectivity index (χ1) is 8.13. The van der Waals surface area contributed by atoms with E-state index >= 15 is 0 Å². The van der Waals surface area contributed by atoms with Crippen molar-refractivity contribution in [3.63, 3.8) is 0 Å². The zero-order chi connectivity index (χ0) is 12.5. The molecular weight excluding hydrogens is 212 g/mol. The van der Waals surface area contributed by atoms with E-state index < -0.39 is 0 Å². The third kappa shape index (κ3) is 2.67. The normalized spacial score (nSPS) is 33.2. The Hall–Kier alpha value is -0.120. The number of nitrogens with zero attached hydrogens (tertiary/aromatic N) is 1. The Morgan fingerprint density at radius 3 is 2.41 bits per heavy atom. The molecule has 2 saturated carbocycles. The van der Waals surface area contributed by atoms with E-state index in [9.17, 15) is 0 Å². The first kappa shape index (κ1) is 13.3. The topological polar surface area (TPSA) is 38.5 Å². The van der Waals surface area contributed by atoms with Crippen LogP contribution in [-0.2, 0) is 4.74 Å². The minimum atomic E-state index is 0.300. The van der Waals surface area contributed by atoms with E-state index in [2.05, 4.69) is 18.7 Å². The van der Waals surface area contributed by atoms with Gasteiger partial charge in [0.25, 0.3) is 0 Å². The predicted molar refractivity (Wildman–Crippen MR) is 71.0 cm³/mol. The number of rotatable bonds is 7. The quantitative estimate of drug-likeness (QED) is 0.738. The van der Waals surface area contributed by atoms with E-state index in [-0.39, 0.29) is 0 Å². The lowest BCUT2D eigenvalue weighted by molar-refractivity contribution is -0.0497. The standard InChI is InChI=1S/C14H28N2O/c1-11(2)12-8-14(9-12,10-15)16(6-7-17-3)13-4-5-13/h11-13H,4-10,15H2,1-3H3. The van der Waals surface area contributed by atoms with Crippen LogP contribution < -0.4 is 5.73 Å². The summed E-state index contributed by atoms with van der Waals surface area (Å²) in [5, 5.41) is 0. The molecule has 2 aliphatic rings. The molecule has 0 radical (unpaired) electrons. The van der Waals surface area contributed by atoms with Gasteiger partial charge in [0.15, 0.2) is 0 Å². The van der Waals surface area contributed by atoms with Gasteiger partial charge >= 0.3 is 0 Å². The number of hydrogen-bond acceptors (Lipinski definition) is 3. The van der Waals surface area contributed by atoms with E-state index in [1.807, 2.05) is 0 Å². The molecule has 0 heterocycles. The van der Waals surface area contributed by atoms with Crippen LogP contribution in [0.25, 0.3) is 0 Å². The molecule has 0 bridgehead atoms. The Balaban J connectivity index is 1.95. The van der Waals surface area contributed by atoms with Crippen molar-refractivity contribution in [2.24, 2.45) is 17.6 Å². The second-order valence-corrected chi connectivity index (χ2v) is 6.26. The van der Waals surface area contributed by atoms with Crippen molar-refractivity contribution in [3.8, 4) is 0 Å². The van der Waals surface area contributed by atoms with Gasteiger partial charge in [-0.3, -0.25) is 4.90 Å². The summed E-state index contributed by atoms with van der Waals surface area (Å²) in [4.78, 5) is 2.66. The van der Waals surface area contributed by atoms with Gasteiger partial charge < -0.3 is 10.5 Å². The van der Waals surface area contributed by atoms with Crippen molar-refractivity contribution in [1.29, 1.82) is 0 Å². The van der Waals surface area contributed by atoms with Crippen LogP contribution in [0.15, 0.2) is 0 Å². The summed E-state index contributed by atoms with van der Waals surface area (Å²) in [5.74, 6) is 1.68. The van der Waals surface area contributed by atoms with Gasteiger partial charge in [-0.05, 0) is 37.5 Å². The molecule has 2 rings (SSSR count). The van der Waals surface area contributed by atoms with Crippen molar-refractivity contribution in [1.82, 2.24) is 4.90 Å². The monoisotopic (exact) mass is 240 g/mol. The van der Waals surface area contributed by atoms with Crippen LogP contribution in [0.2, 0.25) is 0 Å². The molecule has 0 saturated heterocycles. The Morgan fingerprint density at radius 2 is 2.00 bits per heavy atom. The molecule has 0 atom stereocenters. The molecule has 0 aliphatic heterocycles. The molecule has 2 N–H and O–H groups in total. The fourth-order valence-electron chi connectivity index (χ4n) is 3.29. The summed E-state index contributed by atoms with van der Waals surface area (Å²) in [6.07, 6.45) is 5.30. The lowest BCUT2D eigenvalue weighted by Crippen LogP contribution is -2.63. The van der Waals surface area contributed by atoms with Crippen LogP contribution in [0, 0.1) is 11.8 Å². The lowest BCUT2D eigenvalue weighted by Gasteiger charge is -2.55. The predicted octanol–water partition coefficient (Wildman–Crippen LogP) is 1.86. The molecular formula is C14H28N2O. The third-order valence-electron chi connectivity index (χ3n) is 4.74. The molecule has 0 amide bonds. The molecule has 0 unspecified atom stereocenters. The molecule has 3 nitrogen and oxygen atoms in total. The highest BCUT2D eigenvalue weighted by Crippen LogP contribution is 2.48. The van der Waals surface area contributed by atoms with Crippen molar-refractivity contribution < 1.29 is 4.74 Å². The minimum Gasteiger partial charge on any atom is -0.383 e. The smallest absolute Gasteiger partial charge is 0.0590 e. The molecule has 0 aromatic carbocycles. The van der Waals surface area contributed by atoms with E-state index in [0.717, 1.165) is 37.6 Å². The molecule has 2 fully saturated rings. The van der Waals surface area contributed by atoms with E-state index in [0.29, 0.717) is 5.54 Å². The fourth-order valence-corrected chi connectivity index (χ4v) is 3.29. The van der Waals surface area contributed by atoms with Gasteiger partial charge in [0, 0.05) is 31.8 Å². The molecule has 100 valence electrons. The zero-order valence-corrected chi connectivity index (χ0v) is 11.6. The molecule has 0 aromatic rings. The Labute approximate surface area is 106 Å². The summed E-state index contributed by atoms with van der Waals surface area (Å²) >= 11 is 0. The van der Waals surface area contributed by atoms with Gasteiger partial charge in [-0.15, -0.1) is 0 Å². The first-order valence-electron chi connectivity index (χ1n) is 7.08. The largest absolute Gasteiger partial charge is 0.383 e. The van der Waals surface area contributed by atoms with Gasteiger partial charge in [0.2, 0.25) is 0 Å². The van der Waals surface area contributed by atoms with Crippen LogP contribution in [0.4, 0.5) is 0 Å². The SMILES string of the molecule is COCCN(C1CC1)C1(CN)CC(C(C)C)C1. The van der Waals surface area contributed by atoms with Crippen LogP contribution in [0.1, 0.15) is 39.5 Å². The first-order valence-corrected chi connectivity index (χ1v) is 7.08. The van der Waals surface area contributed by atoms with E-state index in [4.69, 9.17) is 10.5 Å². The number of ether oxygens (including phenoxy) is 1. The summed E-state index contributed by atoms with van der Waals surface area (Å²) in [6.45, 7) is 7.38. The zero-order valence-electron chi connectivity index (χ0n) is 11.6. The minimum absolute atomic E-state index is 0.300. The number of hydrogen-bond donors (Lipinski definition) is 1. The number of methoxy groups -OCH3 is 1. The summed E-state index contributed by atoms with van der Waals surface area (Å²) in [7, 11) is 1.79. The van der Waals surface area contributed by atoms with Gasteiger partial charge in [-0.2, -0.15) is 0 Å². The van der Waals surface area contributed by atoms with E-state index in [1.54, 1.807) is 7.11 Å². The third-order valence-corrected chi connectivity index (χ3v) is 4.74. The van der Waals surface area contributed by atoms with Gasteiger partial charge in [0.05, 0.1) is 6.61 Å². The van der Waals surface area contributed by atoms with Crippen LogP contribution in [0.5, 0.6) is 0 Å².